The summed E-state index contributed by atoms with van der Waals surface area (Å²) in [5.74, 6) is 0. The van der Waals surface area contributed by atoms with Crippen molar-refractivity contribution >= 4 is 27.1 Å². The molecule has 0 aliphatic heterocycles. The number of rotatable bonds is 0. The molecule has 0 saturated carbocycles. The number of aryl methyl sites for hydroxylation is 1. The highest BCUT2D eigenvalue weighted by Gasteiger charge is 2.10. The molecule has 0 fully saturated rings. The largest absolute Gasteiger partial charge is 0.332 e. The van der Waals surface area contributed by atoms with Gasteiger partial charge in [0, 0.05) is 14.1 Å². The van der Waals surface area contributed by atoms with Crippen molar-refractivity contribution in [3.05, 3.63) is 31.6 Å². The van der Waals surface area contributed by atoms with E-state index in [0.717, 1.165) is 4.57 Å². The summed E-state index contributed by atoms with van der Waals surface area (Å²) in [5, 5.41) is 0. The summed E-state index contributed by atoms with van der Waals surface area (Å²) in [6.07, 6.45) is 1.45. The van der Waals surface area contributed by atoms with E-state index in [1.807, 2.05) is 0 Å². The standard InChI is InChI=1S/C8H7BrN4O2/c1-12-6-5(11-4(9)3-10-6)7(14)13(2)8(12)15/h3H,1-2H3. The van der Waals surface area contributed by atoms with Gasteiger partial charge in [0.15, 0.2) is 11.2 Å². The molecule has 0 aliphatic carbocycles. The monoisotopic (exact) mass is 270 g/mol. The van der Waals surface area contributed by atoms with E-state index in [4.69, 9.17) is 0 Å². The van der Waals surface area contributed by atoms with E-state index >= 15 is 0 Å². The van der Waals surface area contributed by atoms with Gasteiger partial charge in [-0.3, -0.25) is 13.9 Å². The Balaban J connectivity index is 3.15. The summed E-state index contributed by atoms with van der Waals surface area (Å²) in [6.45, 7) is 0. The number of hydrogen-bond donors (Lipinski definition) is 0. The minimum Gasteiger partial charge on any atom is -0.279 e. The highest BCUT2D eigenvalue weighted by Crippen LogP contribution is 2.06. The Labute approximate surface area is 92.3 Å². The molecule has 0 saturated heterocycles. The van der Waals surface area contributed by atoms with Crippen LogP contribution in [0.2, 0.25) is 0 Å². The molecule has 15 heavy (non-hydrogen) atoms. The Morgan fingerprint density at radius 2 is 1.93 bits per heavy atom. The van der Waals surface area contributed by atoms with E-state index < -0.39 is 11.2 Å². The van der Waals surface area contributed by atoms with E-state index in [9.17, 15) is 9.59 Å². The van der Waals surface area contributed by atoms with Gasteiger partial charge in [-0.05, 0) is 15.9 Å². The van der Waals surface area contributed by atoms with Crippen molar-refractivity contribution in [2.75, 3.05) is 0 Å². The number of fused-ring (bicyclic) bond motifs is 1. The zero-order valence-corrected chi connectivity index (χ0v) is 9.65. The van der Waals surface area contributed by atoms with Gasteiger partial charge in [-0.25, -0.2) is 14.8 Å². The fourth-order valence-corrected chi connectivity index (χ4v) is 1.59. The minimum atomic E-state index is -0.443. The van der Waals surface area contributed by atoms with Crippen molar-refractivity contribution in [2.24, 2.45) is 14.1 Å². The van der Waals surface area contributed by atoms with Gasteiger partial charge in [0.25, 0.3) is 5.56 Å². The maximum atomic E-state index is 11.7. The van der Waals surface area contributed by atoms with Crippen LogP contribution < -0.4 is 11.2 Å². The van der Waals surface area contributed by atoms with Crippen LogP contribution in [0.5, 0.6) is 0 Å². The average molecular weight is 271 g/mol. The highest BCUT2D eigenvalue weighted by molar-refractivity contribution is 9.10. The summed E-state index contributed by atoms with van der Waals surface area (Å²) in [6, 6.07) is 0. The predicted octanol–water partition coefficient (Wildman–Crippen LogP) is -0.210. The molecule has 0 aromatic carbocycles. The first-order valence-corrected chi connectivity index (χ1v) is 4.90. The predicted molar refractivity (Wildman–Crippen MR) is 57.7 cm³/mol. The van der Waals surface area contributed by atoms with Gasteiger partial charge >= 0.3 is 5.69 Å². The molecule has 2 rings (SSSR count). The Kier molecular flexibility index (Phi) is 2.18. The molecule has 0 atom stereocenters. The second-order valence-electron chi connectivity index (χ2n) is 3.07. The minimum absolute atomic E-state index is 0.175. The van der Waals surface area contributed by atoms with Crippen LogP contribution in [0.3, 0.4) is 0 Å². The Hall–Kier alpha value is -1.50. The van der Waals surface area contributed by atoms with E-state index in [1.54, 1.807) is 7.05 Å². The number of nitrogens with zero attached hydrogens (tertiary/aromatic N) is 4. The molecule has 6 nitrogen and oxygen atoms in total. The van der Waals surface area contributed by atoms with E-state index in [2.05, 4.69) is 25.9 Å². The Morgan fingerprint density at radius 3 is 2.60 bits per heavy atom. The van der Waals surface area contributed by atoms with Crippen molar-refractivity contribution in [3.8, 4) is 0 Å². The summed E-state index contributed by atoms with van der Waals surface area (Å²) >= 11 is 3.13. The molecule has 0 radical (unpaired) electrons. The summed E-state index contributed by atoms with van der Waals surface area (Å²) in [5.41, 5.74) is -0.397. The number of aromatic nitrogens is 4. The third-order valence-electron chi connectivity index (χ3n) is 2.12. The molecular weight excluding hydrogens is 264 g/mol. The molecule has 2 heterocycles. The lowest BCUT2D eigenvalue weighted by Crippen LogP contribution is -2.37. The lowest BCUT2D eigenvalue weighted by Gasteiger charge is -2.04. The van der Waals surface area contributed by atoms with Gasteiger partial charge in [-0.15, -0.1) is 0 Å². The van der Waals surface area contributed by atoms with Crippen LogP contribution in [0, 0.1) is 0 Å². The van der Waals surface area contributed by atoms with Crippen molar-refractivity contribution < 1.29 is 0 Å². The fourth-order valence-electron chi connectivity index (χ4n) is 1.31. The van der Waals surface area contributed by atoms with Gasteiger partial charge in [-0.2, -0.15) is 0 Å². The van der Waals surface area contributed by atoms with E-state index in [-0.39, 0.29) is 11.2 Å². The summed E-state index contributed by atoms with van der Waals surface area (Å²) in [4.78, 5) is 31.2. The molecule has 7 heteroatoms. The van der Waals surface area contributed by atoms with Gasteiger partial charge in [-0.1, -0.05) is 0 Å². The molecule has 0 N–H and O–H groups in total. The molecule has 2 aromatic heterocycles. The third-order valence-corrected chi connectivity index (χ3v) is 2.50. The average Bonchev–Trinajstić information content (AvgIpc) is 2.23. The topological polar surface area (TPSA) is 69.8 Å². The van der Waals surface area contributed by atoms with Gasteiger partial charge in [0.1, 0.15) is 4.60 Å². The molecule has 0 bridgehead atoms. The van der Waals surface area contributed by atoms with Gasteiger partial charge < -0.3 is 0 Å². The molecule has 0 amide bonds. The van der Waals surface area contributed by atoms with Crippen LogP contribution >= 0.6 is 15.9 Å². The van der Waals surface area contributed by atoms with Crippen LogP contribution in [0.4, 0.5) is 0 Å². The lowest BCUT2D eigenvalue weighted by molar-refractivity contribution is 0.704. The first kappa shape index (κ1) is 10.0. The maximum Gasteiger partial charge on any atom is 0.332 e. The van der Waals surface area contributed by atoms with Gasteiger partial charge in [0.2, 0.25) is 0 Å². The summed E-state index contributed by atoms with van der Waals surface area (Å²) < 4.78 is 2.75. The first-order valence-electron chi connectivity index (χ1n) is 4.10. The fraction of sp³-hybridized carbons (Fsp3) is 0.250. The Bertz CT molecular complexity index is 658. The van der Waals surface area contributed by atoms with E-state index in [1.165, 1.54) is 17.8 Å². The van der Waals surface area contributed by atoms with Crippen molar-refractivity contribution in [2.45, 2.75) is 0 Å². The maximum absolute atomic E-state index is 11.7. The van der Waals surface area contributed by atoms with Crippen molar-refractivity contribution in [3.63, 3.8) is 0 Å². The van der Waals surface area contributed by atoms with Crippen LogP contribution in [-0.4, -0.2) is 19.1 Å². The molecule has 0 spiro atoms. The zero-order chi connectivity index (χ0) is 11.2. The molecule has 0 aliphatic rings. The molecule has 0 unspecified atom stereocenters. The van der Waals surface area contributed by atoms with Gasteiger partial charge in [0.05, 0.1) is 6.20 Å². The molecular formula is C8H7BrN4O2. The highest BCUT2D eigenvalue weighted by atomic mass is 79.9. The van der Waals surface area contributed by atoms with Crippen LogP contribution in [-0.2, 0) is 14.1 Å². The second kappa shape index (κ2) is 3.27. The smallest absolute Gasteiger partial charge is 0.279 e. The molecule has 78 valence electrons. The van der Waals surface area contributed by atoms with Crippen LogP contribution in [0.1, 0.15) is 0 Å². The van der Waals surface area contributed by atoms with Crippen molar-refractivity contribution in [1.82, 2.24) is 19.1 Å². The van der Waals surface area contributed by atoms with Crippen LogP contribution in [0.15, 0.2) is 20.4 Å². The SMILES string of the molecule is Cn1c(=O)c2nc(Br)cnc2n(C)c1=O. The second-order valence-corrected chi connectivity index (χ2v) is 3.88. The molecule has 2 aromatic rings. The lowest BCUT2D eigenvalue weighted by atomic mass is 10.5. The zero-order valence-electron chi connectivity index (χ0n) is 8.06. The number of halogens is 1. The number of hydrogen-bond acceptors (Lipinski definition) is 4. The first-order chi connectivity index (χ1) is 7.02. The van der Waals surface area contributed by atoms with Crippen LogP contribution in [0.25, 0.3) is 11.2 Å². The van der Waals surface area contributed by atoms with E-state index in [0.29, 0.717) is 4.60 Å². The normalized spacial score (nSPS) is 10.9. The Morgan fingerprint density at radius 1 is 1.27 bits per heavy atom. The summed E-state index contributed by atoms with van der Waals surface area (Å²) in [7, 11) is 2.96. The third kappa shape index (κ3) is 1.39. The van der Waals surface area contributed by atoms with Crippen molar-refractivity contribution in [1.29, 1.82) is 0 Å². The quantitative estimate of drug-likeness (QED) is 0.664.